The highest BCUT2D eigenvalue weighted by Crippen LogP contribution is 2.23. The molecule has 2 aromatic rings. The van der Waals surface area contributed by atoms with Gasteiger partial charge in [-0.25, -0.2) is 0 Å². The normalized spacial score (nSPS) is 22.9. The Morgan fingerprint density at radius 1 is 1.50 bits per heavy atom. The molecule has 7 heteroatoms. The van der Waals surface area contributed by atoms with Gasteiger partial charge < -0.3 is 15.0 Å². The summed E-state index contributed by atoms with van der Waals surface area (Å²) >= 11 is 0. The van der Waals surface area contributed by atoms with E-state index in [9.17, 15) is 10.1 Å². The van der Waals surface area contributed by atoms with Crippen LogP contribution in [0.25, 0.3) is 11.0 Å². The lowest BCUT2D eigenvalue weighted by atomic mass is 9.97. The number of piperidine rings is 1. The van der Waals surface area contributed by atoms with Gasteiger partial charge in [0.1, 0.15) is 6.10 Å². The smallest absolute Gasteiger partial charge is 0.294 e. The number of nitro benzene ring substituents is 1. The number of nitrogens with one attached hydrogen (secondary N) is 2. The molecule has 2 heterocycles. The Bertz CT molecular complexity index is 640. The van der Waals surface area contributed by atoms with Crippen LogP contribution in [-0.2, 0) is 0 Å². The van der Waals surface area contributed by atoms with Gasteiger partial charge in [0.2, 0.25) is 0 Å². The van der Waals surface area contributed by atoms with Gasteiger partial charge in [-0.2, -0.15) is 4.98 Å². The van der Waals surface area contributed by atoms with Crippen molar-refractivity contribution < 1.29 is 9.66 Å². The Balaban J connectivity index is 1.83. The molecule has 0 aliphatic carbocycles. The van der Waals surface area contributed by atoms with Crippen molar-refractivity contribution in [3.05, 3.63) is 28.3 Å². The minimum absolute atomic E-state index is 0.0420. The van der Waals surface area contributed by atoms with E-state index in [1.54, 1.807) is 6.07 Å². The van der Waals surface area contributed by atoms with E-state index in [0.29, 0.717) is 23.0 Å². The van der Waals surface area contributed by atoms with Crippen molar-refractivity contribution in [3.8, 4) is 6.01 Å². The number of H-pyrrole nitrogens is 1. The Hall–Kier alpha value is -2.15. The van der Waals surface area contributed by atoms with E-state index in [4.69, 9.17) is 4.74 Å². The van der Waals surface area contributed by atoms with E-state index < -0.39 is 4.92 Å². The molecule has 0 spiro atoms. The number of benzene rings is 1. The number of fused-ring (bicyclic) bond motifs is 1. The minimum Gasteiger partial charge on any atom is -0.460 e. The molecule has 0 amide bonds. The van der Waals surface area contributed by atoms with Crippen LogP contribution in [0.1, 0.15) is 13.3 Å². The molecule has 0 bridgehead atoms. The van der Waals surface area contributed by atoms with Crippen LogP contribution in [0.5, 0.6) is 6.01 Å². The molecule has 1 aromatic heterocycles. The number of hydrogen-bond acceptors (Lipinski definition) is 5. The van der Waals surface area contributed by atoms with Crippen LogP contribution in [-0.4, -0.2) is 34.1 Å². The van der Waals surface area contributed by atoms with E-state index in [1.807, 2.05) is 0 Å². The molecule has 1 aliphatic heterocycles. The first kappa shape index (κ1) is 12.9. The Morgan fingerprint density at radius 3 is 3.10 bits per heavy atom. The number of imidazole rings is 1. The van der Waals surface area contributed by atoms with Crippen LogP contribution >= 0.6 is 0 Å². The predicted octanol–water partition coefficient (Wildman–Crippen LogP) is 1.85. The quantitative estimate of drug-likeness (QED) is 0.659. The summed E-state index contributed by atoms with van der Waals surface area (Å²) in [5, 5.41) is 14.0. The summed E-state index contributed by atoms with van der Waals surface area (Å²) in [4.78, 5) is 17.6. The fraction of sp³-hybridized carbons (Fsp3) is 0.462. The minimum atomic E-state index is -0.423. The largest absolute Gasteiger partial charge is 0.460 e. The monoisotopic (exact) mass is 276 g/mol. The van der Waals surface area contributed by atoms with Crippen LogP contribution in [0.15, 0.2) is 18.2 Å². The molecule has 20 heavy (non-hydrogen) atoms. The Kier molecular flexibility index (Phi) is 3.27. The van der Waals surface area contributed by atoms with Crippen LogP contribution in [0.2, 0.25) is 0 Å². The standard InChI is InChI=1S/C13H16N4O3/c1-8-4-5-14-7-12(8)20-13-15-10-3-2-9(17(18)19)6-11(10)16-13/h2-3,6,8,12,14H,4-5,7H2,1H3,(H,15,16). The Labute approximate surface area is 115 Å². The first-order valence-electron chi connectivity index (χ1n) is 6.65. The fourth-order valence-electron chi connectivity index (χ4n) is 2.41. The van der Waals surface area contributed by atoms with Gasteiger partial charge in [-0.05, 0) is 24.9 Å². The maximum atomic E-state index is 10.7. The zero-order chi connectivity index (χ0) is 14.1. The van der Waals surface area contributed by atoms with Crippen molar-refractivity contribution in [1.82, 2.24) is 15.3 Å². The van der Waals surface area contributed by atoms with Gasteiger partial charge in [-0.1, -0.05) is 6.92 Å². The summed E-state index contributed by atoms with van der Waals surface area (Å²) in [6.07, 6.45) is 1.13. The van der Waals surface area contributed by atoms with E-state index >= 15 is 0 Å². The second-order valence-corrected chi connectivity index (χ2v) is 5.13. The molecule has 0 saturated carbocycles. The predicted molar refractivity (Wildman–Crippen MR) is 73.8 cm³/mol. The van der Waals surface area contributed by atoms with E-state index in [-0.39, 0.29) is 11.8 Å². The highest BCUT2D eigenvalue weighted by molar-refractivity contribution is 5.78. The molecular weight excluding hydrogens is 260 g/mol. The van der Waals surface area contributed by atoms with Crippen molar-refractivity contribution in [3.63, 3.8) is 0 Å². The SMILES string of the molecule is CC1CCNCC1Oc1nc2ccc([N+](=O)[O-])cc2[nH]1. The summed E-state index contributed by atoms with van der Waals surface area (Å²) in [5.41, 5.74) is 1.33. The van der Waals surface area contributed by atoms with Crippen LogP contribution in [0, 0.1) is 16.0 Å². The number of hydrogen-bond donors (Lipinski definition) is 2. The fourth-order valence-corrected chi connectivity index (χ4v) is 2.41. The van der Waals surface area contributed by atoms with Crippen molar-refractivity contribution in [2.45, 2.75) is 19.4 Å². The van der Waals surface area contributed by atoms with E-state index in [1.165, 1.54) is 12.1 Å². The van der Waals surface area contributed by atoms with Gasteiger partial charge in [-0.15, -0.1) is 0 Å². The first-order chi connectivity index (χ1) is 9.63. The summed E-state index contributed by atoms with van der Waals surface area (Å²) in [7, 11) is 0. The number of nitrogens with zero attached hydrogens (tertiary/aromatic N) is 2. The van der Waals surface area contributed by atoms with E-state index in [2.05, 4.69) is 22.2 Å². The summed E-state index contributed by atoms with van der Waals surface area (Å²) in [6.45, 7) is 3.95. The first-order valence-corrected chi connectivity index (χ1v) is 6.65. The number of aromatic nitrogens is 2. The molecule has 106 valence electrons. The molecule has 1 fully saturated rings. The molecule has 3 rings (SSSR count). The van der Waals surface area contributed by atoms with Gasteiger partial charge in [0.25, 0.3) is 11.7 Å². The van der Waals surface area contributed by atoms with Gasteiger partial charge in [0.05, 0.1) is 16.0 Å². The van der Waals surface area contributed by atoms with Crippen molar-refractivity contribution in [1.29, 1.82) is 0 Å². The highest BCUT2D eigenvalue weighted by atomic mass is 16.6. The second-order valence-electron chi connectivity index (χ2n) is 5.13. The lowest BCUT2D eigenvalue weighted by Crippen LogP contribution is -2.43. The summed E-state index contributed by atoms with van der Waals surface area (Å²) < 4.78 is 5.85. The zero-order valence-electron chi connectivity index (χ0n) is 11.1. The van der Waals surface area contributed by atoms with Gasteiger partial charge >= 0.3 is 0 Å². The molecule has 1 aromatic carbocycles. The molecule has 0 radical (unpaired) electrons. The summed E-state index contributed by atoms with van der Waals surface area (Å²) in [5.74, 6) is 0.457. The van der Waals surface area contributed by atoms with Gasteiger partial charge in [-0.3, -0.25) is 10.1 Å². The molecule has 1 saturated heterocycles. The third kappa shape index (κ3) is 2.44. The number of non-ortho nitro benzene ring substituents is 1. The lowest BCUT2D eigenvalue weighted by Gasteiger charge is -2.28. The van der Waals surface area contributed by atoms with Crippen molar-refractivity contribution in [2.24, 2.45) is 5.92 Å². The third-order valence-electron chi connectivity index (χ3n) is 3.67. The van der Waals surface area contributed by atoms with Crippen LogP contribution < -0.4 is 10.1 Å². The number of aromatic amines is 1. The number of ether oxygens (including phenoxy) is 1. The average Bonchev–Trinajstić information content (AvgIpc) is 2.82. The number of rotatable bonds is 3. The molecular formula is C13H16N4O3. The van der Waals surface area contributed by atoms with Gasteiger partial charge in [0, 0.05) is 18.7 Å². The topological polar surface area (TPSA) is 93.1 Å². The molecule has 2 atom stereocenters. The maximum Gasteiger partial charge on any atom is 0.294 e. The molecule has 7 nitrogen and oxygen atoms in total. The summed E-state index contributed by atoms with van der Waals surface area (Å²) in [6, 6.07) is 4.95. The third-order valence-corrected chi connectivity index (χ3v) is 3.67. The number of nitro groups is 1. The van der Waals surface area contributed by atoms with Crippen molar-refractivity contribution >= 4 is 16.7 Å². The van der Waals surface area contributed by atoms with Gasteiger partial charge in [0.15, 0.2) is 0 Å². The molecule has 2 unspecified atom stereocenters. The second kappa shape index (κ2) is 5.09. The lowest BCUT2D eigenvalue weighted by molar-refractivity contribution is -0.384. The highest BCUT2D eigenvalue weighted by Gasteiger charge is 2.23. The van der Waals surface area contributed by atoms with E-state index in [0.717, 1.165) is 19.5 Å². The van der Waals surface area contributed by atoms with Crippen molar-refractivity contribution in [2.75, 3.05) is 13.1 Å². The van der Waals surface area contributed by atoms with Crippen LogP contribution in [0.4, 0.5) is 5.69 Å². The zero-order valence-corrected chi connectivity index (χ0v) is 11.1. The Morgan fingerprint density at radius 2 is 2.35 bits per heavy atom. The maximum absolute atomic E-state index is 10.7. The molecule has 2 N–H and O–H groups in total. The average molecular weight is 276 g/mol. The molecule has 1 aliphatic rings. The van der Waals surface area contributed by atoms with Crippen LogP contribution in [0.3, 0.4) is 0 Å².